The Balaban J connectivity index is 1.65. The van der Waals surface area contributed by atoms with Crippen LogP contribution >= 0.6 is 11.3 Å². The summed E-state index contributed by atoms with van der Waals surface area (Å²) in [5.74, 6) is 0.666. The van der Waals surface area contributed by atoms with Crippen LogP contribution in [0.25, 0.3) is 11.0 Å². The average molecular weight is 350 g/mol. The standard InChI is InChI=1S/C18H14N4O2S/c23-17(21-18-22-19-11-25-18)20-16(12-6-2-1-3-7-12)15-10-13-8-4-5-9-14(13)24-15/h1-11,16H,(H2,20,21,22,23)/t16-/m0/s1. The van der Waals surface area contributed by atoms with Crippen molar-refractivity contribution in [1.82, 2.24) is 15.5 Å². The van der Waals surface area contributed by atoms with E-state index < -0.39 is 6.04 Å². The average Bonchev–Trinajstić information content (AvgIpc) is 3.29. The lowest BCUT2D eigenvalue weighted by Gasteiger charge is -2.17. The number of amides is 2. The number of carbonyl (C=O) groups is 1. The Morgan fingerprint density at radius 3 is 2.64 bits per heavy atom. The number of nitrogens with one attached hydrogen (secondary N) is 2. The summed E-state index contributed by atoms with van der Waals surface area (Å²) in [4.78, 5) is 12.4. The van der Waals surface area contributed by atoms with E-state index >= 15 is 0 Å². The van der Waals surface area contributed by atoms with Gasteiger partial charge in [-0.25, -0.2) is 4.79 Å². The third-order valence-corrected chi connectivity index (χ3v) is 4.32. The van der Waals surface area contributed by atoms with E-state index in [-0.39, 0.29) is 6.03 Å². The maximum atomic E-state index is 12.4. The molecule has 0 unspecified atom stereocenters. The fraction of sp³-hybridized carbons (Fsp3) is 0.0556. The molecule has 6 nitrogen and oxygen atoms in total. The molecule has 0 saturated carbocycles. The normalized spacial score (nSPS) is 12.0. The van der Waals surface area contributed by atoms with E-state index in [1.54, 1.807) is 5.51 Å². The Morgan fingerprint density at radius 2 is 1.88 bits per heavy atom. The predicted molar refractivity (Wildman–Crippen MR) is 96.6 cm³/mol. The SMILES string of the molecule is O=C(Nc1nncs1)N[C@@H](c1ccccc1)c1cc2ccccc2o1. The zero-order valence-electron chi connectivity index (χ0n) is 13.0. The highest BCUT2D eigenvalue weighted by atomic mass is 32.1. The summed E-state index contributed by atoms with van der Waals surface area (Å²) in [5, 5.41) is 14.6. The van der Waals surface area contributed by atoms with Crippen molar-refractivity contribution in [2.75, 3.05) is 5.32 Å². The molecule has 2 heterocycles. The van der Waals surface area contributed by atoms with Crippen molar-refractivity contribution >= 4 is 33.5 Å². The fourth-order valence-corrected chi connectivity index (χ4v) is 3.04. The zero-order valence-corrected chi connectivity index (χ0v) is 13.9. The minimum absolute atomic E-state index is 0.369. The second-order valence-electron chi connectivity index (χ2n) is 5.37. The van der Waals surface area contributed by atoms with Gasteiger partial charge in [0.2, 0.25) is 5.13 Å². The molecule has 0 radical (unpaired) electrons. The van der Waals surface area contributed by atoms with Crippen molar-refractivity contribution in [3.63, 3.8) is 0 Å². The predicted octanol–water partition coefficient (Wildman–Crippen LogP) is 4.20. The third-order valence-electron chi connectivity index (χ3n) is 3.72. The Labute approximate surface area is 147 Å². The number of rotatable bonds is 4. The number of benzene rings is 2. The molecule has 0 fully saturated rings. The molecule has 0 spiro atoms. The number of furan rings is 1. The van der Waals surface area contributed by atoms with Crippen molar-refractivity contribution in [3.05, 3.63) is 77.5 Å². The first-order valence-electron chi connectivity index (χ1n) is 7.67. The van der Waals surface area contributed by atoms with Gasteiger partial charge in [-0.05, 0) is 17.7 Å². The van der Waals surface area contributed by atoms with Gasteiger partial charge in [0.15, 0.2) is 0 Å². The quantitative estimate of drug-likeness (QED) is 0.578. The number of carbonyl (C=O) groups excluding carboxylic acids is 1. The van der Waals surface area contributed by atoms with E-state index in [1.165, 1.54) is 11.3 Å². The van der Waals surface area contributed by atoms with Crippen LogP contribution in [0.4, 0.5) is 9.93 Å². The van der Waals surface area contributed by atoms with Gasteiger partial charge in [0.25, 0.3) is 0 Å². The molecule has 4 rings (SSSR count). The summed E-state index contributed by atoms with van der Waals surface area (Å²) in [6.45, 7) is 0. The van der Waals surface area contributed by atoms with Crippen LogP contribution < -0.4 is 10.6 Å². The smallest absolute Gasteiger partial charge is 0.321 e. The second kappa shape index (κ2) is 6.74. The molecule has 7 heteroatoms. The largest absolute Gasteiger partial charge is 0.459 e. The van der Waals surface area contributed by atoms with Crippen LogP contribution in [0.1, 0.15) is 17.4 Å². The molecular formula is C18H14N4O2S. The zero-order chi connectivity index (χ0) is 17.1. The Morgan fingerprint density at radius 1 is 1.08 bits per heavy atom. The van der Waals surface area contributed by atoms with Crippen molar-refractivity contribution in [2.45, 2.75) is 6.04 Å². The van der Waals surface area contributed by atoms with Gasteiger partial charge in [0, 0.05) is 5.39 Å². The van der Waals surface area contributed by atoms with Gasteiger partial charge < -0.3 is 9.73 Å². The number of nitrogens with zero attached hydrogens (tertiary/aromatic N) is 2. The molecule has 2 N–H and O–H groups in total. The van der Waals surface area contributed by atoms with Gasteiger partial charge in [-0.15, -0.1) is 10.2 Å². The van der Waals surface area contributed by atoms with Crippen molar-refractivity contribution in [2.24, 2.45) is 0 Å². The van der Waals surface area contributed by atoms with Crippen LogP contribution in [0.3, 0.4) is 0 Å². The summed E-state index contributed by atoms with van der Waals surface area (Å²) < 4.78 is 5.95. The van der Waals surface area contributed by atoms with Crippen molar-refractivity contribution in [1.29, 1.82) is 0 Å². The first-order valence-corrected chi connectivity index (χ1v) is 8.55. The van der Waals surface area contributed by atoms with E-state index in [4.69, 9.17) is 4.42 Å². The molecule has 2 aromatic heterocycles. The fourth-order valence-electron chi connectivity index (χ4n) is 2.60. The van der Waals surface area contributed by atoms with E-state index in [0.717, 1.165) is 16.5 Å². The highest BCUT2D eigenvalue weighted by Gasteiger charge is 2.21. The van der Waals surface area contributed by atoms with Gasteiger partial charge in [-0.2, -0.15) is 0 Å². The topological polar surface area (TPSA) is 80.0 Å². The first-order chi connectivity index (χ1) is 12.3. The molecule has 4 aromatic rings. The minimum Gasteiger partial charge on any atom is -0.459 e. The van der Waals surface area contributed by atoms with E-state index in [0.29, 0.717) is 10.9 Å². The molecule has 0 bridgehead atoms. The number of hydrogen-bond donors (Lipinski definition) is 2. The van der Waals surface area contributed by atoms with Crippen molar-refractivity contribution < 1.29 is 9.21 Å². The van der Waals surface area contributed by atoms with Crippen LogP contribution in [0.2, 0.25) is 0 Å². The maximum absolute atomic E-state index is 12.4. The lowest BCUT2D eigenvalue weighted by Crippen LogP contribution is -2.33. The van der Waals surface area contributed by atoms with Crippen LogP contribution in [-0.2, 0) is 0 Å². The number of aromatic nitrogens is 2. The van der Waals surface area contributed by atoms with Crippen LogP contribution in [-0.4, -0.2) is 16.2 Å². The summed E-state index contributed by atoms with van der Waals surface area (Å²) in [7, 11) is 0. The van der Waals surface area contributed by atoms with Gasteiger partial charge in [-0.3, -0.25) is 5.32 Å². The molecular weight excluding hydrogens is 336 g/mol. The molecule has 0 saturated heterocycles. The Kier molecular flexibility index (Phi) is 4.14. The molecule has 25 heavy (non-hydrogen) atoms. The summed E-state index contributed by atoms with van der Waals surface area (Å²) in [6.07, 6.45) is 0. The van der Waals surface area contributed by atoms with Crippen LogP contribution in [0.5, 0.6) is 0 Å². The monoisotopic (exact) mass is 350 g/mol. The molecule has 2 amide bonds. The highest BCUT2D eigenvalue weighted by molar-refractivity contribution is 7.13. The van der Waals surface area contributed by atoms with Gasteiger partial charge in [-0.1, -0.05) is 59.9 Å². The number of fused-ring (bicyclic) bond motifs is 1. The summed E-state index contributed by atoms with van der Waals surface area (Å²) in [5.41, 5.74) is 3.27. The molecule has 124 valence electrons. The Hall–Kier alpha value is -3.19. The highest BCUT2D eigenvalue weighted by Crippen LogP contribution is 2.28. The lowest BCUT2D eigenvalue weighted by molar-refractivity contribution is 0.248. The van der Waals surface area contributed by atoms with E-state index in [9.17, 15) is 4.79 Å². The number of hydrogen-bond acceptors (Lipinski definition) is 5. The van der Waals surface area contributed by atoms with Crippen LogP contribution in [0, 0.1) is 0 Å². The molecule has 1 atom stereocenters. The van der Waals surface area contributed by atoms with Crippen LogP contribution in [0.15, 0.2) is 70.6 Å². The number of para-hydroxylation sites is 1. The molecule has 0 aliphatic carbocycles. The maximum Gasteiger partial charge on any atom is 0.321 e. The number of urea groups is 1. The van der Waals surface area contributed by atoms with Gasteiger partial charge >= 0.3 is 6.03 Å². The van der Waals surface area contributed by atoms with Gasteiger partial charge in [0.05, 0.1) is 0 Å². The van der Waals surface area contributed by atoms with Crippen molar-refractivity contribution in [3.8, 4) is 0 Å². The Bertz CT molecular complexity index is 950. The minimum atomic E-state index is -0.415. The molecule has 2 aromatic carbocycles. The molecule has 0 aliphatic heterocycles. The second-order valence-corrected chi connectivity index (χ2v) is 6.21. The number of anilines is 1. The van der Waals surface area contributed by atoms with E-state index in [2.05, 4.69) is 20.8 Å². The molecule has 0 aliphatic rings. The first kappa shape index (κ1) is 15.3. The summed E-state index contributed by atoms with van der Waals surface area (Å²) >= 11 is 1.26. The van der Waals surface area contributed by atoms with E-state index in [1.807, 2.05) is 60.7 Å². The van der Waals surface area contributed by atoms with Gasteiger partial charge in [0.1, 0.15) is 22.9 Å². The summed E-state index contributed by atoms with van der Waals surface area (Å²) in [6, 6.07) is 18.6. The lowest BCUT2D eigenvalue weighted by atomic mass is 10.0. The third kappa shape index (κ3) is 3.36.